The maximum atomic E-state index is 11.7. The maximum Gasteiger partial charge on any atom is 0.335 e. The number of carbonyl (C=O) groups is 1. The summed E-state index contributed by atoms with van der Waals surface area (Å²) < 4.78 is 4.60. The van der Waals surface area contributed by atoms with Gasteiger partial charge in [0.2, 0.25) is 0 Å². The minimum absolute atomic E-state index is 0.309. The van der Waals surface area contributed by atoms with Crippen molar-refractivity contribution in [2.75, 3.05) is 5.32 Å². The van der Waals surface area contributed by atoms with Gasteiger partial charge in [0.25, 0.3) is 5.91 Å². The van der Waals surface area contributed by atoms with E-state index in [9.17, 15) is 9.59 Å². The molecule has 4 heteroatoms. The molecule has 80 valence electrons. The topological polar surface area (TPSA) is 59.3 Å². The van der Waals surface area contributed by atoms with Crippen LogP contribution in [0.5, 0.6) is 0 Å². The molecule has 4 nitrogen and oxygen atoms in total. The highest BCUT2D eigenvalue weighted by Crippen LogP contribution is 2.07. The molecule has 1 aromatic carbocycles. The minimum atomic E-state index is -0.476. The fourth-order valence-corrected chi connectivity index (χ4v) is 1.21. The normalized spacial score (nSPS) is 9.75. The van der Waals surface area contributed by atoms with E-state index in [-0.39, 0.29) is 5.91 Å². The van der Waals surface area contributed by atoms with Crippen molar-refractivity contribution in [3.8, 4) is 0 Å². The quantitative estimate of drug-likeness (QED) is 0.832. The van der Waals surface area contributed by atoms with Gasteiger partial charge >= 0.3 is 5.63 Å². The monoisotopic (exact) mass is 215 g/mol. The third-order valence-corrected chi connectivity index (χ3v) is 1.99. The molecule has 0 spiro atoms. The Balaban J connectivity index is 2.15. The zero-order valence-electron chi connectivity index (χ0n) is 8.34. The average molecular weight is 215 g/mol. The van der Waals surface area contributed by atoms with E-state index in [4.69, 9.17) is 0 Å². The lowest BCUT2D eigenvalue weighted by Gasteiger charge is -2.03. The van der Waals surface area contributed by atoms with Crippen LogP contribution >= 0.6 is 0 Å². The smallest absolute Gasteiger partial charge is 0.335 e. The number of hydrogen-bond donors (Lipinski definition) is 1. The van der Waals surface area contributed by atoms with Crippen molar-refractivity contribution in [3.63, 3.8) is 0 Å². The van der Waals surface area contributed by atoms with Gasteiger partial charge in [0.05, 0.1) is 5.56 Å². The van der Waals surface area contributed by atoms with Gasteiger partial charge in [-0.2, -0.15) is 0 Å². The lowest BCUT2D eigenvalue weighted by Crippen LogP contribution is -2.12. The molecule has 0 aliphatic carbocycles. The van der Waals surface area contributed by atoms with E-state index in [0.717, 1.165) is 6.26 Å². The summed E-state index contributed by atoms with van der Waals surface area (Å²) >= 11 is 0. The third kappa shape index (κ3) is 2.36. The molecule has 0 saturated heterocycles. The summed E-state index contributed by atoms with van der Waals surface area (Å²) in [6.45, 7) is 0. The predicted octanol–water partition coefficient (Wildman–Crippen LogP) is 1.89. The van der Waals surface area contributed by atoms with E-state index in [2.05, 4.69) is 9.73 Å². The average Bonchev–Trinajstić information content (AvgIpc) is 2.31. The second kappa shape index (κ2) is 4.44. The van der Waals surface area contributed by atoms with E-state index >= 15 is 0 Å². The van der Waals surface area contributed by atoms with Crippen molar-refractivity contribution >= 4 is 11.6 Å². The maximum absolute atomic E-state index is 11.7. The van der Waals surface area contributed by atoms with Gasteiger partial charge in [0.15, 0.2) is 0 Å². The Morgan fingerprint density at radius 3 is 2.44 bits per heavy atom. The van der Waals surface area contributed by atoms with Crippen LogP contribution in [0.1, 0.15) is 10.4 Å². The Kier molecular flexibility index (Phi) is 2.82. The third-order valence-electron chi connectivity index (χ3n) is 1.99. The van der Waals surface area contributed by atoms with Crippen molar-refractivity contribution in [1.82, 2.24) is 0 Å². The van der Waals surface area contributed by atoms with Gasteiger partial charge in [-0.15, -0.1) is 0 Å². The molecule has 2 aromatic rings. The van der Waals surface area contributed by atoms with Gasteiger partial charge in [-0.05, 0) is 18.2 Å². The minimum Gasteiger partial charge on any atom is -0.430 e. The summed E-state index contributed by atoms with van der Waals surface area (Å²) in [5.41, 5.74) is 0.526. The summed E-state index contributed by atoms with van der Waals surface area (Å²) in [5, 5.41) is 2.68. The molecule has 0 aliphatic rings. The predicted molar refractivity (Wildman–Crippen MR) is 59.4 cm³/mol. The zero-order valence-corrected chi connectivity index (χ0v) is 8.34. The van der Waals surface area contributed by atoms with E-state index < -0.39 is 5.63 Å². The van der Waals surface area contributed by atoms with Crippen LogP contribution in [0.4, 0.5) is 5.69 Å². The van der Waals surface area contributed by atoms with Crippen LogP contribution in [0.2, 0.25) is 0 Å². The fraction of sp³-hybridized carbons (Fsp3) is 0. The van der Waals surface area contributed by atoms with Crippen molar-refractivity contribution in [2.24, 2.45) is 0 Å². The van der Waals surface area contributed by atoms with E-state index in [1.165, 1.54) is 12.1 Å². The molecule has 0 aliphatic heterocycles. The van der Waals surface area contributed by atoms with E-state index in [1.807, 2.05) is 18.2 Å². The first-order valence-corrected chi connectivity index (χ1v) is 4.71. The number of anilines is 1. The highest BCUT2D eigenvalue weighted by atomic mass is 16.4. The Bertz CT molecular complexity index is 525. The molecule has 0 atom stereocenters. The number of benzene rings is 1. The Morgan fingerprint density at radius 2 is 1.81 bits per heavy atom. The van der Waals surface area contributed by atoms with E-state index in [1.54, 1.807) is 12.1 Å². The number of nitrogens with one attached hydrogen (secondary N) is 1. The number of hydrogen-bond acceptors (Lipinski definition) is 3. The van der Waals surface area contributed by atoms with Crippen molar-refractivity contribution in [2.45, 2.75) is 0 Å². The highest BCUT2D eigenvalue weighted by Gasteiger charge is 2.05. The lowest BCUT2D eigenvalue weighted by atomic mass is 10.2. The first-order valence-electron chi connectivity index (χ1n) is 4.71. The zero-order chi connectivity index (χ0) is 11.4. The van der Waals surface area contributed by atoms with Gasteiger partial charge < -0.3 is 9.73 Å². The molecule has 1 N–H and O–H groups in total. The molecule has 0 fully saturated rings. The number of carbonyl (C=O) groups excluding carboxylic acids is 1. The van der Waals surface area contributed by atoms with Gasteiger partial charge in [-0.25, -0.2) is 4.79 Å². The summed E-state index contributed by atoms with van der Waals surface area (Å²) in [4.78, 5) is 22.4. The molecular weight excluding hydrogens is 206 g/mol. The molecule has 1 amide bonds. The van der Waals surface area contributed by atoms with Crippen LogP contribution < -0.4 is 10.9 Å². The summed E-state index contributed by atoms with van der Waals surface area (Å²) in [5.74, 6) is -0.310. The van der Waals surface area contributed by atoms with Crippen LogP contribution in [0.25, 0.3) is 0 Å². The number of rotatable bonds is 2. The van der Waals surface area contributed by atoms with Crippen LogP contribution in [0.15, 0.2) is 57.9 Å². The summed E-state index contributed by atoms with van der Waals surface area (Å²) in [6, 6.07) is 11.7. The Morgan fingerprint density at radius 1 is 1.06 bits per heavy atom. The molecule has 2 rings (SSSR count). The fourth-order valence-electron chi connectivity index (χ4n) is 1.21. The van der Waals surface area contributed by atoms with Crippen molar-refractivity contribution in [1.29, 1.82) is 0 Å². The van der Waals surface area contributed by atoms with E-state index in [0.29, 0.717) is 11.3 Å². The van der Waals surface area contributed by atoms with Gasteiger partial charge in [-0.3, -0.25) is 4.79 Å². The van der Waals surface area contributed by atoms with Gasteiger partial charge in [-0.1, -0.05) is 18.2 Å². The first-order chi connectivity index (χ1) is 7.75. The standard InChI is InChI=1S/C12H9NO3/c14-11-7-6-9(8-16-11)12(15)13-10-4-2-1-3-5-10/h1-8H,(H,13,15). The molecule has 0 radical (unpaired) electrons. The van der Waals surface area contributed by atoms with Crippen LogP contribution in [-0.4, -0.2) is 5.91 Å². The molecule has 0 unspecified atom stereocenters. The summed E-state index contributed by atoms with van der Waals surface area (Å²) in [6.07, 6.45) is 1.14. The molecule has 16 heavy (non-hydrogen) atoms. The molecule has 1 aromatic heterocycles. The lowest BCUT2D eigenvalue weighted by molar-refractivity contribution is 0.102. The second-order valence-electron chi connectivity index (χ2n) is 3.16. The summed E-state index contributed by atoms with van der Waals surface area (Å²) in [7, 11) is 0. The highest BCUT2D eigenvalue weighted by molar-refractivity contribution is 6.03. The molecule has 1 heterocycles. The van der Waals surface area contributed by atoms with Crippen molar-refractivity contribution in [3.05, 3.63) is 64.7 Å². The van der Waals surface area contributed by atoms with Gasteiger partial charge in [0, 0.05) is 11.8 Å². The van der Waals surface area contributed by atoms with Crippen LogP contribution in [-0.2, 0) is 0 Å². The SMILES string of the molecule is O=C(Nc1ccccc1)c1ccc(=O)oc1. The Hall–Kier alpha value is -2.36. The molecular formula is C12H9NO3. The van der Waals surface area contributed by atoms with Crippen LogP contribution in [0, 0.1) is 0 Å². The number of amides is 1. The molecule has 0 saturated carbocycles. The largest absolute Gasteiger partial charge is 0.430 e. The van der Waals surface area contributed by atoms with Crippen molar-refractivity contribution < 1.29 is 9.21 Å². The van der Waals surface area contributed by atoms with Gasteiger partial charge in [0.1, 0.15) is 6.26 Å². The molecule has 0 bridgehead atoms. The van der Waals surface area contributed by atoms with Crippen LogP contribution in [0.3, 0.4) is 0 Å². The first kappa shape index (κ1) is 10.2. The second-order valence-corrected chi connectivity index (χ2v) is 3.16. The Labute approximate surface area is 91.5 Å². The number of para-hydroxylation sites is 1.